The van der Waals surface area contributed by atoms with Crippen molar-refractivity contribution in [3.63, 3.8) is 0 Å². The number of thiazole rings is 1. The van der Waals surface area contributed by atoms with E-state index >= 15 is 0 Å². The lowest BCUT2D eigenvalue weighted by Gasteiger charge is -1.95. The minimum absolute atomic E-state index is 0.977. The van der Waals surface area contributed by atoms with Crippen molar-refractivity contribution in [3.8, 4) is 0 Å². The van der Waals surface area contributed by atoms with Gasteiger partial charge in [0.05, 0.1) is 0 Å². The molecule has 0 bridgehead atoms. The Kier molecular flexibility index (Phi) is 2.14. The van der Waals surface area contributed by atoms with Crippen molar-refractivity contribution < 1.29 is 0 Å². The molecule has 0 atom stereocenters. The molecule has 0 saturated carbocycles. The van der Waals surface area contributed by atoms with Gasteiger partial charge in [-0.3, -0.25) is 0 Å². The lowest BCUT2D eigenvalue weighted by molar-refractivity contribution is 0.790. The SMILES string of the molecule is Cn1ccnc1Sc1nccs1. The summed E-state index contributed by atoms with van der Waals surface area (Å²) < 4.78 is 3.01. The summed E-state index contributed by atoms with van der Waals surface area (Å²) >= 11 is 3.22. The Morgan fingerprint density at radius 1 is 1.42 bits per heavy atom. The van der Waals surface area contributed by atoms with Crippen LogP contribution >= 0.6 is 23.1 Å². The summed E-state index contributed by atoms with van der Waals surface area (Å²) in [6, 6.07) is 0. The van der Waals surface area contributed by atoms with Crippen molar-refractivity contribution in [1.82, 2.24) is 14.5 Å². The summed E-state index contributed by atoms with van der Waals surface area (Å²) in [4.78, 5) is 8.34. The predicted octanol–water partition coefficient (Wildman–Crippen LogP) is 2.03. The number of imidazole rings is 1. The lowest BCUT2D eigenvalue weighted by Crippen LogP contribution is -1.87. The monoisotopic (exact) mass is 197 g/mol. The first-order chi connectivity index (χ1) is 5.86. The average Bonchev–Trinajstić information content (AvgIpc) is 2.65. The third-order valence-corrected chi connectivity index (χ3v) is 3.32. The molecule has 2 rings (SSSR count). The topological polar surface area (TPSA) is 30.7 Å². The van der Waals surface area contributed by atoms with Crippen molar-refractivity contribution >= 4 is 23.1 Å². The molecule has 0 radical (unpaired) electrons. The first-order valence-corrected chi connectivity index (χ1v) is 5.10. The Morgan fingerprint density at radius 2 is 2.33 bits per heavy atom. The predicted molar refractivity (Wildman–Crippen MR) is 49.4 cm³/mol. The van der Waals surface area contributed by atoms with Crippen LogP contribution in [0.2, 0.25) is 0 Å². The molecule has 2 heterocycles. The van der Waals surface area contributed by atoms with E-state index in [1.165, 1.54) is 0 Å². The lowest BCUT2D eigenvalue weighted by atomic mass is 10.9. The molecular weight excluding hydrogens is 190 g/mol. The van der Waals surface area contributed by atoms with Gasteiger partial charge in [0.1, 0.15) is 0 Å². The average molecular weight is 197 g/mol. The second kappa shape index (κ2) is 3.28. The molecule has 0 fully saturated rings. The zero-order valence-electron chi connectivity index (χ0n) is 6.47. The van der Waals surface area contributed by atoms with Gasteiger partial charge in [0.15, 0.2) is 9.50 Å². The molecule has 0 unspecified atom stereocenters. The molecule has 0 aliphatic rings. The molecule has 0 saturated heterocycles. The number of nitrogens with zero attached hydrogens (tertiary/aromatic N) is 3. The fourth-order valence-corrected chi connectivity index (χ4v) is 2.32. The van der Waals surface area contributed by atoms with Crippen LogP contribution in [0.3, 0.4) is 0 Å². The van der Waals surface area contributed by atoms with Gasteiger partial charge in [0.25, 0.3) is 0 Å². The molecule has 0 N–H and O–H groups in total. The largest absolute Gasteiger partial charge is 0.329 e. The van der Waals surface area contributed by atoms with Gasteiger partial charge >= 0.3 is 0 Å². The highest BCUT2D eigenvalue weighted by molar-refractivity contribution is 8.00. The van der Waals surface area contributed by atoms with E-state index in [0.29, 0.717) is 0 Å². The zero-order valence-corrected chi connectivity index (χ0v) is 8.10. The Bertz CT molecular complexity index is 352. The highest BCUT2D eigenvalue weighted by Crippen LogP contribution is 2.26. The molecule has 0 aromatic carbocycles. The van der Waals surface area contributed by atoms with Crippen LogP contribution in [0.15, 0.2) is 33.5 Å². The minimum Gasteiger partial charge on any atom is -0.329 e. The number of hydrogen-bond donors (Lipinski definition) is 0. The summed E-state index contributed by atoms with van der Waals surface area (Å²) in [6.07, 6.45) is 5.52. The first kappa shape index (κ1) is 7.82. The minimum atomic E-state index is 0.977. The van der Waals surface area contributed by atoms with E-state index in [2.05, 4.69) is 9.97 Å². The molecule has 0 amide bonds. The fourth-order valence-electron chi connectivity index (χ4n) is 0.789. The molecular formula is C7H7N3S2. The van der Waals surface area contributed by atoms with Crippen LogP contribution in [0, 0.1) is 0 Å². The van der Waals surface area contributed by atoms with Gasteiger partial charge in [0, 0.05) is 31.0 Å². The van der Waals surface area contributed by atoms with Crippen LogP contribution in [0.5, 0.6) is 0 Å². The molecule has 62 valence electrons. The normalized spacial score (nSPS) is 10.4. The van der Waals surface area contributed by atoms with E-state index in [9.17, 15) is 0 Å². The van der Waals surface area contributed by atoms with E-state index in [4.69, 9.17) is 0 Å². The zero-order chi connectivity index (χ0) is 8.39. The van der Waals surface area contributed by atoms with Crippen molar-refractivity contribution in [3.05, 3.63) is 24.0 Å². The second-order valence-electron chi connectivity index (χ2n) is 2.22. The Morgan fingerprint density at radius 3 is 2.92 bits per heavy atom. The maximum Gasteiger partial charge on any atom is 0.174 e. The fraction of sp³-hybridized carbons (Fsp3) is 0.143. The molecule has 2 aromatic rings. The summed E-state index contributed by atoms with van der Waals surface area (Å²) in [5.74, 6) is 0. The molecule has 12 heavy (non-hydrogen) atoms. The van der Waals surface area contributed by atoms with Gasteiger partial charge in [-0.15, -0.1) is 11.3 Å². The summed E-state index contributed by atoms with van der Waals surface area (Å²) in [6.45, 7) is 0. The van der Waals surface area contributed by atoms with E-state index in [-0.39, 0.29) is 0 Å². The highest BCUT2D eigenvalue weighted by Gasteiger charge is 2.02. The van der Waals surface area contributed by atoms with Crippen molar-refractivity contribution in [2.24, 2.45) is 7.05 Å². The maximum atomic E-state index is 4.18. The van der Waals surface area contributed by atoms with Crippen LogP contribution < -0.4 is 0 Å². The van der Waals surface area contributed by atoms with Gasteiger partial charge < -0.3 is 4.57 Å². The molecule has 5 heteroatoms. The van der Waals surface area contributed by atoms with Crippen LogP contribution in [-0.2, 0) is 7.05 Å². The highest BCUT2D eigenvalue weighted by atomic mass is 32.2. The summed E-state index contributed by atoms with van der Waals surface area (Å²) in [5.41, 5.74) is 0. The van der Waals surface area contributed by atoms with Gasteiger partial charge in [-0.2, -0.15) is 0 Å². The van der Waals surface area contributed by atoms with Crippen LogP contribution in [0.25, 0.3) is 0 Å². The summed E-state index contributed by atoms with van der Waals surface area (Å²) in [7, 11) is 1.98. The molecule has 3 nitrogen and oxygen atoms in total. The smallest absolute Gasteiger partial charge is 0.174 e. The van der Waals surface area contributed by atoms with Gasteiger partial charge in [0.2, 0.25) is 0 Å². The summed E-state index contributed by atoms with van der Waals surface area (Å²) in [5, 5.41) is 2.94. The molecule has 0 aliphatic carbocycles. The van der Waals surface area contributed by atoms with Crippen LogP contribution in [-0.4, -0.2) is 14.5 Å². The van der Waals surface area contributed by atoms with Crippen molar-refractivity contribution in [2.75, 3.05) is 0 Å². The standard InChI is InChI=1S/C7H7N3S2/c1-10-4-2-8-6(10)12-7-9-3-5-11-7/h2-5H,1H3. The van der Waals surface area contributed by atoms with E-state index in [1.54, 1.807) is 35.5 Å². The van der Waals surface area contributed by atoms with Crippen molar-refractivity contribution in [2.45, 2.75) is 9.50 Å². The van der Waals surface area contributed by atoms with E-state index in [0.717, 1.165) is 9.50 Å². The Hall–Kier alpha value is -0.810. The third-order valence-electron chi connectivity index (χ3n) is 1.37. The maximum absolute atomic E-state index is 4.18. The number of aryl methyl sites for hydroxylation is 1. The van der Waals surface area contributed by atoms with Crippen LogP contribution in [0.4, 0.5) is 0 Å². The van der Waals surface area contributed by atoms with Gasteiger partial charge in [-0.25, -0.2) is 9.97 Å². The quantitative estimate of drug-likeness (QED) is 0.738. The van der Waals surface area contributed by atoms with Gasteiger partial charge in [-0.05, 0) is 11.8 Å². The first-order valence-electron chi connectivity index (χ1n) is 3.41. The molecule has 2 aromatic heterocycles. The number of hydrogen-bond acceptors (Lipinski definition) is 4. The molecule has 0 aliphatic heterocycles. The van der Waals surface area contributed by atoms with Crippen LogP contribution in [0.1, 0.15) is 0 Å². The number of rotatable bonds is 2. The molecule has 0 spiro atoms. The third kappa shape index (κ3) is 1.51. The number of aromatic nitrogens is 3. The van der Waals surface area contributed by atoms with Crippen molar-refractivity contribution in [1.29, 1.82) is 0 Å². The van der Waals surface area contributed by atoms with E-state index in [1.807, 2.05) is 23.2 Å². The Balaban J connectivity index is 2.20. The second-order valence-corrected chi connectivity index (χ2v) is 4.33. The van der Waals surface area contributed by atoms with E-state index < -0.39 is 0 Å². The van der Waals surface area contributed by atoms with Gasteiger partial charge in [-0.1, -0.05) is 0 Å². The Labute approximate surface area is 78.5 Å².